The minimum Gasteiger partial charge on any atom is -0.382 e. The first-order valence-electron chi connectivity index (χ1n) is 3.14. The summed E-state index contributed by atoms with van der Waals surface area (Å²) >= 11 is 0. The lowest BCUT2D eigenvalue weighted by Crippen LogP contribution is -2.66. The third-order valence-corrected chi connectivity index (χ3v) is 1.49. The van der Waals surface area contributed by atoms with E-state index in [1.807, 2.05) is 0 Å². The van der Waals surface area contributed by atoms with E-state index in [9.17, 15) is 0 Å². The van der Waals surface area contributed by atoms with Crippen molar-refractivity contribution in [1.29, 1.82) is 0 Å². The van der Waals surface area contributed by atoms with Crippen LogP contribution in [0.5, 0.6) is 0 Å². The molecule has 0 aromatic rings. The quantitative estimate of drug-likeness (QED) is 0.247. The molecule has 68 valence electrons. The van der Waals surface area contributed by atoms with Crippen LogP contribution in [0.3, 0.4) is 0 Å². The second kappa shape index (κ2) is 3.02. The van der Waals surface area contributed by atoms with E-state index in [4.69, 9.17) is 31.9 Å². The van der Waals surface area contributed by atoms with Crippen LogP contribution < -0.4 is 11.5 Å². The maximum absolute atomic E-state index is 8.91. The van der Waals surface area contributed by atoms with Gasteiger partial charge in [-0.2, -0.15) is 0 Å². The fourth-order valence-electron chi connectivity index (χ4n) is 0.554. The van der Waals surface area contributed by atoms with Crippen molar-refractivity contribution in [3.05, 3.63) is 0 Å². The Morgan fingerprint density at radius 3 is 1.73 bits per heavy atom. The molecule has 0 aliphatic rings. The highest BCUT2D eigenvalue weighted by atomic mass is 16.7. The number of hydrogen-bond acceptors (Lipinski definition) is 6. The van der Waals surface area contributed by atoms with Crippen molar-refractivity contribution in [2.75, 3.05) is 0 Å². The van der Waals surface area contributed by atoms with Gasteiger partial charge in [-0.25, -0.2) is 0 Å². The predicted molar refractivity (Wildman–Crippen MR) is 36.8 cm³/mol. The predicted octanol–water partition coefficient (Wildman–Crippen LogP) is -3.00. The molecule has 6 heteroatoms. The molecule has 0 aliphatic carbocycles. The Morgan fingerprint density at radius 2 is 1.64 bits per heavy atom. The Labute approximate surface area is 64.1 Å². The molecule has 1 unspecified atom stereocenters. The van der Waals surface area contributed by atoms with E-state index in [0.29, 0.717) is 0 Å². The van der Waals surface area contributed by atoms with Crippen LogP contribution >= 0.6 is 0 Å². The van der Waals surface area contributed by atoms with E-state index in [1.54, 1.807) is 0 Å². The van der Waals surface area contributed by atoms with E-state index in [0.717, 1.165) is 0 Å². The lowest BCUT2D eigenvalue weighted by Gasteiger charge is -2.33. The number of rotatable bonds is 3. The van der Waals surface area contributed by atoms with Crippen LogP contribution in [0.15, 0.2) is 0 Å². The SMILES string of the molecule is CCC(N)(N)C(O)C(O)(O)O. The minimum absolute atomic E-state index is 0.0948. The van der Waals surface area contributed by atoms with Crippen LogP contribution in [-0.4, -0.2) is 38.2 Å². The van der Waals surface area contributed by atoms with E-state index in [-0.39, 0.29) is 6.42 Å². The minimum atomic E-state index is -3.25. The van der Waals surface area contributed by atoms with E-state index in [1.165, 1.54) is 6.92 Å². The largest absolute Gasteiger partial charge is 0.382 e. The molecule has 8 N–H and O–H groups in total. The smallest absolute Gasteiger partial charge is 0.306 e. The Balaban J connectivity index is 4.35. The van der Waals surface area contributed by atoms with Gasteiger partial charge >= 0.3 is 5.97 Å². The van der Waals surface area contributed by atoms with Gasteiger partial charge in [0.05, 0.1) is 5.66 Å². The summed E-state index contributed by atoms with van der Waals surface area (Å²) in [5.74, 6) is -3.25. The van der Waals surface area contributed by atoms with Gasteiger partial charge in [-0.15, -0.1) is 0 Å². The Morgan fingerprint density at radius 1 is 1.27 bits per heavy atom. The molecule has 1 atom stereocenters. The molecule has 0 heterocycles. The Bertz CT molecular complexity index is 131. The maximum atomic E-state index is 8.91. The summed E-state index contributed by atoms with van der Waals surface area (Å²) in [5, 5.41) is 34.3. The molecule has 0 saturated carbocycles. The highest BCUT2D eigenvalue weighted by Crippen LogP contribution is 2.13. The summed E-state index contributed by atoms with van der Waals surface area (Å²) in [6.45, 7) is 1.54. The average Bonchev–Trinajstić information content (AvgIpc) is 1.84. The number of nitrogens with two attached hydrogens (primary N) is 2. The van der Waals surface area contributed by atoms with Gasteiger partial charge in [0, 0.05) is 0 Å². The van der Waals surface area contributed by atoms with Crippen LogP contribution in [0.25, 0.3) is 0 Å². The molecular formula is C5H14N2O4. The third kappa shape index (κ3) is 2.70. The molecule has 0 aromatic carbocycles. The van der Waals surface area contributed by atoms with Crippen molar-refractivity contribution in [3.8, 4) is 0 Å². The fraction of sp³-hybridized carbons (Fsp3) is 1.00. The lowest BCUT2D eigenvalue weighted by atomic mass is 10.0. The molecule has 0 aliphatic heterocycles. The van der Waals surface area contributed by atoms with E-state index < -0.39 is 17.7 Å². The summed E-state index contributed by atoms with van der Waals surface area (Å²) in [6.07, 6.45) is -1.91. The highest BCUT2D eigenvalue weighted by molar-refractivity contribution is 4.87. The van der Waals surface area contributed by atoms with Crippen molar-refractivity contribution in [3.63, 3.8) is 0 Å². The van der Waals surface area contributed by atoms with Crippen molar-refractivity contribution in [2.45, 2.75) is 31.1 Å². The van der Waals surface area contributed by atoms with Gasteiger partial charge in [0.1, 0.15) is 0 Å². The summed E-state index contributed by atoms with van der Waals surface area (Å²) < 4.78 is 0. The van der Waals surface area contributed by atoms with Gasteiger partial charge in [0.25, 0.3) is 0 Å². The number of hydrogen-bond donors (Lipinski definition) is 6. The van der Waals surface area contributed by atoms with Crippen LogP contribution in [0, 0.1) is 0 Å². The second-order valence-corrected chi connectivity index (χ2v) is 2.56. The van der Waals surface area contributed by atoms with E-state index in [2.05, 4.69) is 0 Å². The van der Waals surface area contributed by atoms with Gasteiger partial charge in [-0.05, 0) is 6.42 Å². The average molecular weight is 166 g/mol. The molecule has 0 bridgehead atoms. The molecular weight excluding hydrogens is 152 g/mol. The molecule has 11 heavy (non-hydrogen) atoms. The fourth-order valence-corrected chi connectivity index (χ4v) is 0.554. The highest BCUT2D eigenvalue weighted by Gasteiger charge is 2.42. The summed E-state index contributed by atoms with van der Waals surface area (Å²) in [7, 11) is 0. The van der Waals surface area contributed by atoms with Gasteiger partial charge in [-0.1, -0.05) is 6.92 Å². The van der Waals surface area contributed by atoms with Crippen LogP contribution in [0.4, 0.5) is 0 Å². The van der Waals surface area contributed by atoms with Gasteiger partial charge in [-0.3, -0.25) is 0 Å². The topological polar surface area (TPSA) is 133 Å². The first-order chi connectivity index (χ1) is 4.72. The molecule has 0 amide bonds. The van der Waals surface area contributed by atoms with Crippen LogP contribution in [0.1, 0.15) is 13.3 Å². The molecule has 6 nitrogen and oxygen atoms in total. The number of aliphatic hydroxyl groups excluding tert-OH is 1. The number of aliphatic hydroxyl groups is 4. The molecule has 0 rings (SSSR count). The Hall–Kier alpha value is -0.240. The molecule has 0 fully saturated rings. The Kier molecular flexibility index (Phi) is 2.95. The first-order valence-corrected chi connectivity index (χ1v) is 3.14. The third-order valence-electron chi connectivity index (χ3n) is 1.49. The molecule has 0 saturated heterocycles. The summed E-state index contributed by atoms with van der Waals surface area (Å²) in [6, 6.07) is 0. The zero-order chi connectivity index (χ0) is 9.28. The second-order valence-electron chi connectivity index (χ2n) is 2.56. The zero-order valence-corrected chi connectivity index (χ0v) is 6.23. The monoisotopic (exact) mass is 166 g/mol. The van der Waals surface area contributed by atoms with Crippen molar-refractivity contribution in [2.24, 2.45) is 11.5 Å². The normalized spacial score (nSPS) is 16.6. The zero-order valence-electron chi connectivity index (χ0n) is 6.23. The molecule has 0 spiro atoms. The maximum Gasteiger partial charge on any atom is 0.306 e. The van der Waals surface area contributed by atoms with Crippen molar-refractivity contribution < 1.29 is 20.4 Å². The van der Waals surface area contributed by atoms with E-state index >= 15 is 0 Å². The van der Waals surface area contributed by atoms with Gasteiger partial charge in [0.2, 0.25) is 0 Å². The molecule has 0 aromatic heterocycles. The summed E-state index contributed by atoms with van der Waals surface area (Å²) in [5.41, 5.74) is 8.68. The van der Waals surface area contributed by atoms with Crippen LogP contribution in [0.2, 0.25) is 0 Å². The summed E-state index contributed by atoms with van der Waals surface area (Å²) in [4.78, 5) is 0. The molecule has 0 radical (unpaired) electrons. The van der Waals surface area contributed by atoms with Crippen molar-refractivity contribution >= 4 is 0 Å². The van der Waals surface area contributed by atoms with Gasteiger partial charge in [0.15, 0.2) is 6.10 Å². The lowest BCUT2D eigenvalue weighted by molar-refractivity contribution is -0.364. The van der Waals surface area contributed by atoms with Gasteiger partial charge < -0.3 is 31.9 Å². The van der Waals surface area contributed by atoms with Crippen molar-refractivity contribution in [1.82, 2.24) is 0 Å². The standard InChI is InChI=1S/C5H14N2O4/c1-2-4(6,7)3(8)5(9,10)11/h3,8-11H,2,6-7H2,1H3. The first kappa shape index (κ1) is 10.8. The van der Waals surface area contributed by atoms with Crippen LogP contribution in [-0.2, 0) is 0 Å².